The third kappa shape index (κ3) is 5.13. The molecular weight excluding hydrogens is 370 g/mol. The van der Waals surface area contributed by atoms with Gasteiger partial charge in [0.25, 0.3) is 0 Å². The molecule has 5 nitrogen and oxygen atoms in total. The standard InChI is InChI=1S/C19H22ClN3O2S/c1-14(26-17-5-3-2-4-16(17)20)19(24)22-13-15-6-7-21-18(12-15)23-8-10-25-11-9-23/h2-7,12,14H,8-11,13H2,1H3,(H,22,24). The molecule has 2 aromatic rings. The van der Waals surface area contributed by atoms with E-state index >= 15 is 0 Å². The number of nitrogens with zero attached hydrogens (tertiary/aromatic N) is 2. The Labute approximate surface area is 163 Å². The highest BCUT2D eigenvalue weighted by Crippen LogP contribution is 2.30. The number of pyridine rings is 1. The lowest BCUT2D eigenvalue weighted by Crippen LogP contribution is -2.36. The molecule has 1 N–H and O–H groups in total. The van der Waals surface area contributed by atoms with Crippen LogP contribution >= 0.6 is 23.4 Å². The smallest absolute Gasteiger partial charge is 0.233 e. The van der Waals surface area contributed by atoms with Crippen molar-refractivity contribution in [1.29, 1.82) is 0 Å². The number of thioether (sulfide) groups is 1. The van der Waals surface area contributed by atoms with E-state index < -0.39 is 0 Å². The van der Waals surface area contributed by atoms with Crippen molar-refractivity contribution in [2.24, 2.45) is 0 Å². The molecule has 138 valence electrons. The predicted molar refractivity (Wildman–Crippen MR) is 106 cm³/mol. The zero-order valence-corrected chi connectivity index (χ0v) is 16.2. The van der Waals surface area contributed by atoms with Crippen LogP contribution in [0.2, 0.25) is 5.02 Å². The number of nitrogens with one attached hydrogen (secondary N) is 1. The number of ether oxygens (including phenoxy) is 1. The van der Waals surface area contributed by atoms with Crippen LogP contribution in [-0.2, 0) is 16.1 Å². The predicted octanol–water partition coefficient (Wildman–Crippen LogP) is 3.37. The number of carbonyl (C=O) groups excluding carboxylic acids is 1. The van der Waals surface area contributed by atoms with Crippen molar-refractivity contribution in [3.05, 3.63) is 53.2 Å². The van der Waals surface area contributed by atoms with Crippen molar-refractivity contribution >= 4 is 35.1 Å². The van der Waals surface area contributed by atoms with E-state index in [9.17, 15) is 4.79 Å². The highest BCUT2D eigenvalue weighted by Gasteiger charge is 2.16. The first kappa shape index (κ1) is 19.0. The maximum atomic E-state index is 12.4. The van der Waals surface area contributed by atoms with Crippen LogP contribution in [0.4, 0.5) is 5.82 Å². The number of carbonyl (C=O) groups is 1. The highest BCUT2D eigenvalue weighted by atomic mass is 35.5. The number of amides is 1. The molecule has 0 spiro atoms. The van der Waals surface area contributed by atoms with E-state index in [1.807, 2.05) is 43.3 Å². The Morgan fingerprint density at radius 2 is 2.12 bits per heavy atom. The first-order valence-electron chi connectivity index (χ1n) is 8.60. The normalized spacial score (nSPS) is 15.5. The van der Waals surface area contributed by atoms with Gasteiger partial charge in [0, 0.05) is 30.7 Å². The molecule has 1 unspecified atom stereocenters. The van der Waals surface area contributed by atoms with Gasteiger partial charge in [-0.3, -0.25) is 4.79 Å². The number of anilines is 1. The second kappa shape index (κ2) is 9.26. The molecule has 1 atom stereocenters. The van der Waals surface area contributed by atoms with Crippen LogP contribution in [0, 0.1) is 0 Å². The van der Waals surface area contributed by atoms with Gasteiger partial charge < -0.3 is 15.0 Å². The summed E-state index contributed by atoms with van der Waals surface area (Å²) in [5.74, 6) is 0.915. The van der Waals surface area contributed by atoms with E-state index in [0.717, 1.165) is 42.6 Å². The van der Waals surface area contributed by atoms with Crippen LogP contribution in [0.15, 0.2) is 47.5 Å². The van der Waals surface area contributed by atoms with Crippen molar-refractivity contribution < 1.29 is 9.53 Å². The van der Waals surface area contributed by atoms with Gasteiger partial charge in [0.15, 0.2) is 0 Å². The second-order valence-corrected chi connectivity index (χ2v) is 7.82. The van der Waals surface area contributed by atoms with Gasteiger partial charge in [0.05, 0.1) is 23.5 Å². The molecule has 0 bridgehead atoms. The summed E-state index contributed by atoms with van der Waals surface area (Å²) in [4.78, 5) is 19.9. The van der Waals surface area contributed by atoms with Crippen LogP contribution in [0.1, 0.15) is 12.5 Å². The summed E-state index contributed by atoms with van der Waals surface area (Å²) in [6.45, 7) is 5.49. The van der Waals surface area contributed by atoms with E-state index in [0.29, 0.717) is 11.6 Å². The summed E-state index contributed by atoms with van der Waals surface area (Å²) in [5.41, 5.74) is 1.03. The average Bonchev–Trinajstić information content (AvgIpc) is 2.68. The summed E-state index contributed by atoms with van der Waals surface area (Å²) in [7, 11) is 0. The SMILES string of the molecule is CC(Sc1ccccc1Cl)C(=O)NCc1ccnc(N2CCOCC2)c1. The number of morpholine rings is 1. The Morgan fingerprint density at radius 3 is 2.88 bits per heavy atom. The average molecular weight is 392 g/mol. The fraction of sp³-hybridized carbons (Fsp3) is 0.368. The molecule has 1 aliphatic heterocycles. The minimum Gasteiger partial charge on any atom is -0.378 e. The van der Waals surface area contributed by atoms with Crippen LogP contribution in [0.25, 0.3) is 0 Å². The Hall–Kier alpha value is -1.76. The summed E-state index contributed by atoms with van der Waals surface area (Å²) in [6, 6.07) is 11.5. The molecule has 3 rings (SSSR count). The Morgan fingerprint density at radius 1 is 1.35 bits per heavy atom. The van der Waals surface area contributed by atoms with Crippen molar-refractivity contribution in [3.63, 3.8) is 0 Å². The fourth-order valence-electron chi connectivity index (χ4n) is 2.65. The van der Waals surface area contributed by atoms with Gasteiger partial charge in [-0.15, -0.1) is 11.8 Å². The molecule has 0 saturated carbocycles. The Kier molecular flexibility index (Phi) is 6.77. The van der Waals surface area contributed by atoms with E-state index in [4.69, 9.17) is 16.3 Å². The lowest BCUT2D eigenvalue weighted by atomic mass is 10.2. The molecule has 1 saturated heterocycles. The minimum atomic E-state index is -0.226. The number of benzene rings is 1. The molecule has 7 heteroatoms. The summed E-state index contributed by atoms with van der Waals surface area (Å²) in [5, 5.41) is 3.44. The monoisotopic (exact) mass is 391 g/mol. The van der Waals surface area contributed by atoms with Crippen molar-refractivity contribution in [2.45, 2.75) is 23.6 Å². The highest BCUT2D eigenvalue weighted by molar-refractivity contribution is 8.00. The van der Waals surface area contributed by atoms with Gasteiger partial charge in [0.2, 0.25) is 5.91 Å². The van der Waals surface area contributed by atoms with Crippen molar-refractivity contribution in [1.82, 2.24) is 10.3 Å². The molecular formula is C19H22ClN3O2S. The third-order valence-corrected chi connectivity index (χ3v) is 5.74. The molecule has 0 aliphatic carbocycles. The fourth-order valence-corrected chi connectivity index (χ4v) is 3.83. The maximum absolute atomic E-state index is 12.4. The maximum Gasteiger partial charge on any atom is 0.233 e. The molecule has 1 aromatic heterocycles. The van der Waals surface area contributed by atoms with Gasteiger partial charge in [-0.25, -0.2) is 4.98 Å². The largest absolute Gasteiger partial charge is 0.378 e. The van der Waals surface area contributed by atoms with Crippen LogP contribution in [0.3, 0.4) is 0 Å². The van der Waals surface area contributed by atoms with Crippen LogP contribution in [-0.4, -0.2) is 42.4 Å². The van der Waals surface area contributed by atoms with E-state index in [1.165, 1.54) is 11.8 Å². The molecule has 1 fully saturated rings. The van der Waals surface area contributed by atoms with Gasteiger partial charge in [-0.1, -0.05) is 23.7 Å². The summed E-state index contributed by atoms with van der Waals surface area (Å²) in [6.07, 6.45) is 1.79. The Balaban J connectivity index is 1.54. The number of hydrogen-bond donors (Lipinski definition) is 1. The number of halogens is 1. The van der Waals surface area contributed by atoms with Gasteiger partial charge in [-0.05, 0) is 36.8 Å². The third-order valence-electron chi connectivity index (χ3n) is 4.12. The topological polar surface area (TPSA) is 54.5 Å². The first-order chi connectivity index (χ1) is 12.6. The van der Waals surface area contributed by atoms with Gasteiger partial charge in [-0.2, -0.15) is 0 Å². The lowest BCUT2D eigenvalue weighted by Gasteiger charge is -2.28. The van der Waals surface area contributed by atoms with Crippen molar-refractivity contribution in [3.8, 4) is 0 Å². The first-order valence-corrected chi connectivity index (χ1v) is 9.86. The molecule has 1 amide bonds. The molecule has 26 heavy (non-hydrogen) atoms. The minimum absolute atomic E-state index is 0.0142. The van der Waals surface area contributed by atoms with E-state index in [2.05, 4.69) is 15.2 Å². The van der Waals surface area contributed by atoms with Crippen molar-refractivity contribution in [2.75, 3.05) is 31.2 Å². The van der Waals surface area contributed by atoms with Gasteiger partial charge >= 0.3 is 0 Å². The quantitative estimate of drug-likeness (QED) is 0.765. The van der Waals surface area contributed by atoms with Gasteiger partial charge in [0.1, 0.15) is 5.82 Å². The zero-order valence-electron chi connectivity index (χ0n) is 14.7. The zero-order chi connectivity index (χ0) is 18.4. The number of hydrogen-bond acceptors (Lipinski definition) is 5. The molecule has 1 aromatic carbocycles. The number of rotatable bonds is 6. The number of aromatic nitrogens is 1. The van der Waals surface area contributed by atoms with Crippen LogP contribution < -0.4 is 10.2 Å². The summed E-state index contributed by atoms with van der Waals surface area (Å²) >= 11 is 7.63. The Bertz CT molecular complexity index is 753. The molecule has 1 aliphatic rings. The lowest BCUT2D eigenvalue weighted by molar-refractivity contribution is -0.120. The van der Waals surface area contributed by atoms with E-state index in [1.54, 1.807) is 6.20 Å². The second-order valence-electron chi connectivity index (χ2n) is 6.03. The molecule has 2 heterocycles. The van der Waals surface area contributed by atoms with Crippen LogP contribution in [0.5, 0.6) is 0 Å². The molecule has 0 radical (unpaired) electrons. The van der Waals surface area contributed by atoms with E-state index in [-0.39, 0.29) is 11.2 Å². The summed E-state index contributed by atoms with van der Waals surface area (Å²) < 4.78 is 5.38.